The average Bonchev–Trinajstić information content (AvgIpc) is 3.23. The molecule has 4 N–H and O–H groups in total. The van der Waals surface area contributed by atoms with Gasteiger partial charge in [0.1, 0.15) is 35.8 Å². The van der Waals surface area contributed by atoms with E-state index in [1.807, 2.05) is 6.07 Å². The van der Waals surface area contributed by atoms with Crippen LogP contribution in [-0.4, -0.2) is 70.9 Å². The SMILES string of the molecule is C[N+]1(CC2CCCO2)CC[C@]23CC(=O)CC[C@@]2(O)[C@H]1Cc1ccc(C(N)=O)c(O)c13.O=P([O-])([O-])[O-]. The molecule has 2 saturated heterocycles. The summed E-state index contributed by atoms with van der Waals surface area (Å²) in [6.07, 6.45) is 4.42. The van der Waals surface area contributed by atoms with E-state index in [4.69, 9.17) is 29.7 Å². The highest BCUT2D eigenvalue weighted by molar-refractivity contribution is 7.40. The van der Waals surface area contributed by atoms with Crippen LogP contribution in [0.1, 0.15) is 60.0 Å². The van der Waals surface area contributed by atoms with Crippen LogP contribution in [0.4, 0.5) is 0 Å². The van der Waals surface area contributed by atoms with Gasteiger partial charge in [0, 0.05) is 43.3 Å². The van der Waals surface area contributed by atoms with Crippen LogP contribution in [0.5, 0.6) is 5.75 Å². The first-order valence-electron chi connectivity index (χ1n) is 11.8. The zero-order chi connectivity index (χ0) is 25.8. The fourth-order valence-corrected chi connectivity index (χ4v) is 7.09. The lowest BCUT2D eigenvalue weighted by Crippen LogP contribution is -2.78. The summed E-state index contributed by atoms with van der Waals surface area (Å²) in [6.45, 7) is 2.43. The van der Waals surface area contributed by atoms with Gasteiger partial charge in [-0.15, -0.1) is 0 Å². The molecular formula is C23H31N2O9P-2. The van der Waals surface area contributed by atoms with Crippen LogP contribution in [0.15, 0.2) is 12.1 Å². The number of amides is 1. The molecule has 2 heterocycles. The predicted molar refractivity (Wildman–Crippen MR) is 117 cm³/mol. The molecule has 0 spiro atoms. The second-order valence-electron chi connectivity index (χ2n) is 10.5. The molecule has 5 rings (SSSR count). The topological polar surface area (TPSA) is 196 Å². The number of ketones is 1. The van der Waals surface area contributed by atoms with Gasteiger partial charge < -0.3 is 44.4 Å². The molecule has 1 amide bonds. The highest BCUT2D eigenvalue weighted by Gasteiger charge is 2.70. The minimum Gasteiger partial charge on any atom is -0.822 e. The summed E-state index contributed by atoms with van der Waals surface area (Å²) in [7, 11) is -3.19. The molecule has 1 aromatic rings. The Kier molecular flexibility index (Phi) is 6.68. The maximum absolute atomic E-state index is 12.6. The van der Waals surface area contributed by atoms with Crippen molar-refractivity contribution >= 4 is 19.5 Å². The lowest BCUT2D eigenvalue weighted by Gasteiger charge is -2.65. The summed E-state index contributed by atoms with van der Waals surface area (Å²) < 4.78 is 15.2. The Morgan fingerprint density at radius 1 is 1.31 bits per heavy atom. The normalized spacial score (nSPS) is 36.0. The van der Waals surface area contributed by atoms with Crippen LogP contribution >= 0.6 is 7.82 Å². The highest BCUT2D eigenvalue weighted by Crippen LogP contribution is 2.61. The summed E-state index contributed by atoms with van der Waals surface area (Å²) >= 11 is 0. The van der Waals surface area contributed by atoms with Gasteiger partial charge in [-0.2, -0.15) is 7.82 Å². The number of hydrogen-bond donors (Lipinski definition) is 3. The Bertz CT molecular complexity index is 1080. The summed E-state index contributed by atoms with van der Waals surface area (Å²) in [6, 6.07) is 3.34. The van der Waals surface area contributed by atoms with Gasteiger partial charge in [-0.25, -0.2) is 0 Å². The van der Waals surface area contributed by atoms with Gasteiger partial charge in [0.2, 0.25) is 0 Å². The molecule has 5 atom stereocenters. The summed E-state index contributed by atoms with van der Waals surface area (Å²) in [4.78, 5) is 50.2. The van der Waals surface area contributed by atoms with Gasteiger partial charge in [-0.1, -0.05) is 6.07 Å². The molecular weight excluding hydrogens is 479 g/mol. The number of quaternary nitrogens is 1. The Hall–Kier alpha value is -1.85. The van der Waals surface area contributed by atoms with E-state index in [2.05, 4.69) is 7.05 Å². The first-order chi connectivity index (χ1) is 16.2. The molecule has 4 aliphatic rings. The monoisotopic (exact) mass is 510 g/mol. The zero-order valence-electron chi connectivity index (χ0n) is 19.6. The van der Waals surface area contributed by atoms with Crippen molar-refractivity contribution in [1.29, 1.82) is 0 Å². The molecule has 0 aromatic heterocycles. The maximum atomic E-state index is 12.6. The number of aromatic hydroxyl groups is 1. The number of aliphatic hydroxyl groups is 1. The number of primary amides is 1. The number of hydrogen-bond acceptors (Lipinski definition) is 9. The Morgan fingerprint density at radius 3 is 2.60 bits per heavy atom. The van der Waals surface area contributed by atoms with Gasteiger partial charge in [-0.05, 0) is 30.9 Å². The number of likely N-dealkylation sites (tertiary alicyclic amines) is 1. The second kappa shape index (κ2) is 8.92. The van der Waals surface area contributed by atoms with Crippen molar-refractivity contribution in [2.24, 2.45) is 5.73 Å². The van der Waals surface area contributed by atoms with Gasteiger partial charge >= 0.3 is 0 Å². The number of phosphoric acid groups is 1. The minimum absolute atomic E-state index is 0.0594. The second-order valence-corrected chi connectivity index (χ2v) is 11.4. The standard InChI is InChI=1S/C23H30N2O5.H3O4P/c1-25(13-16-3-2-10-30-16)9-8-22-12-15(26)6-7-23(22,29)18(25)11-14-4-5-17(21(24)28)20(27)19(14)22;1-5(2,3)4/h4-5,16,18,29H,2-3,6-13H2,1H3,(H2-,24,27,28);(H3,1,2,3,4)/p-2/t16?,18-,22-,23-,25?;/m1./s1. The number of nitrogens with two attached hydrogens (primary N) is 1. The van der Waals surface area contributed by atoms with Crippen molar-refractivity contribution in [3.8, 4) is 5.75 Å². The van der Waals surface area contributed by atoms with E-state index in [1.54, 1.807) is 6.07 Å². The number of phenols is 1. The zero-order valence-corrected chi connectivity index (χ0v) is 20.5. The number of rotatable bonds is 3. The van der Waals surface area contributed by atoms with Gasteiger partial charge in [-0.3, -0.25) is 9.59 Å². The van der Waals surface area contributed by atoms with Gasteiger partial charge in [0.05, 0.1) is 19.2 Å². The number of benzene rings is 1. The average molecular weight is 510 g/mol. The largest absolute Gasteiger partial charge is 0.822 e. The number of Topliss-reactive ketones (excluding diaryl/α,β-unsaturated/α-hetero) is 1. The van der Waals surface area contributed by atoms with Crippen molar-refractivity contribution in [2.45, 2.75) is 68.1 Å². The van der Waals surface area contributed by atoms with E-state index in [0.717, 1.165) is 38.1 Å². The Morgan fingerprint density at radius 2 is 2.00 bits per heavy atom. The van der Waals surface area contributed by atoms with E-state index < -0.39 is 24.7 Å². The maximum Gasteiger partial charge on any atom is 0.252 e. The summed E-state index contributed by atoms with van der Waals surface area (Å²) in [5, 5.41) is 23.3. The first kappa shape index (κ1) is 26.2. The van der Waals surface area contributed by atoms with Crippen molar-refractivity contribution in [2.75, 3.05) is 26.7 Å². The minimum atomic E-state index is -5.39. The molecule has 1 aromatic carbocycles. The molecule has 35 heavy (non-hydrogen) atoms. The predicted octanol–water partition coefficient (Wildman–Crippen LogP) is -1.66. The smallest absolute Gasteiger partial charge is 0.252 e. The van der Waals surface area contributed by atoms with Crippen molar-refractivity contribution in [3.05, 3.63) is 28.8 Å². The number of likely N-dealkylation sites (N-methyl/N-ethyl adjacent to an activating group) is 1. The third-order valence-corrected chi connectivity index (χ3v) is 8.53. The fraction of sp³-hybridized carbons (Fsp3) is 0.652. The van der Waals surface area contributed by atoms with E-state index >= 15 is 0 Å². The van der Waals surface area contributed by atoms with Crippen LogP contribution < -0.4 is 20.4 Å². The third kappa shape index (κ3) is 4.55. The third-order valence-electron chi connectivity index (χ3n) is 8.53. The quantitative estimate of drug-likeness (QED) is 0.315. The summed E-state index contributed by atoms with van der Waals surface area (Å²) in [5.41, 5.74) is 5.05. The molecule has 1 saturated carbocycles. The number of carbonyl (C=O) groups is 2. The van der Waals surface area contributed by atoms with Crippen LogP contribution in [0.25, 0.3) is 0 Å². The van der Waals surface area contributed by atoms with Gasteiger partial charge in [0.15, 0.2) is 0 Å². The van der Waals surface area contributed by atoms with E-state index in [1.165, 1.54) is 0 Å². The molecule has 2 aliphatic carbocycles. The van der Waals surface area contributed by atoms with Crippen LogP contribution in [-0.2, 0) is 25.9 Å². The van der Waals surface area contributed by atoms with Crippen LogP contribution in [0.3, 0.4) is 0 Å². The number of ether oxygens (including phenoxy) is 1. The van der Waals surface area contributed by atoms with Crippen LogP contribution in [0.2, 0.25) is 0 Å². The van der Waals surface area contributed by atoms with E-state index in [9.17, 15) is 19.8 Å². The first-order valence-corrected chi connectivity index (χ1v) is 13.2. The molecule has 2 bridgehead atoms. The molecule has 12 heteroatoms. The fourth-order valence-electron chi connectivity index (χ4n) is 7.09. The number of carbonyl (C=O) groups excluding carboxylic acids is 2. The van der Waals surface area contributed by atoms with E-state index in [-0.39, 0.29) is 35.7 Å². The molecule has 3 fully saturated rings. The van der Waals surface area contributed by atoms with Gasteiger partial charge in [0.25, 0.3) is 5.91 Å². The number of piperidine rings is 1. The summed E-state index contributed by atoms with van der Waals surface area (Å²) in [5.74, 6) is -0.749. The molecule has 0 radical (unpaired) electrons. The van der Waals surface area contributed by atoms with Crippen molar-refractivity contribution < 1.29 is 48.3 Å². The van der Waals surface area contributed by atoms with E-state index in [0.29, 0.717) is 35.7 Å². The van der Waals surface area contributed by atoms with Crippen molar-refractivity contribution in [3.63, 3.8) is 0 Å². The lowest BCUT2D eigenvalue weighted by molar-refractivity contribution is -0.951. The molecule has 2 unspecified atom stereocenters. The Balaban J connectivity index is 0.000000527. The van der Waals surface area contributed by atoms with Crippen molar-refractivity contribution in [1.82, 2.24) is 0 Å². The molecule has 2 aliphatic heterocycles. The number of nitrogens with zero attached hydrogens (tertiary/aromatic N) is 1. The molecule has 11 nitrogen and oxygen atoms in total. The van der Waals surface area contributed by atoms with Crippen LogP contribution in [0, 0.1) is 0 Å². The highest BCUT2D eigenvalue weighted by atomic mass is 31.2. The molecule has 194 valence electrons. The number of fused-ring (bicyclic) bond motifs is 1. The lowest BCUT2D eigenvalue weighted by atomic mass is 9.48. The Labute approximate surface area is 203 Å².